The summed E-state index contributed by atoms with van der Waals surface area (Å²) >= 11 is 0. The fraction of sp³-hybridized carbons (Fsp3) is 0.500. The van der Waals surface area contributed by atoms with Crippen molar-refractivity contribution in [3.8, 4) is 5.75 Å². The van der Waals surface area contributed by atoms with Crippen LogP contribution in [0.4, 0.5) is 0 Å². The normalized spacial score (nSPS) is 14.6. The van der Waals surface area contributed by atoms with E-state index in [0.29, 0.717) is 17.6 Å². The first-order valence-corrected chi connectivity index (χ1v) is 7.97. The lowest BCUT2D eigenvalue weighted by Crippen LogP contribution is -2.09. The Morgan fingerprint density at radius 1 is 1.10 bits per heavy atom. The van der Waals surface area contributed by atoms with Crippen LogP contribution in [0.15, 0.2) is 47.6 Å². The molecule has 0 spiro atoms. The fourth-order valence-corrected chi connectivity index (χ4v) is 2.47. The first kappa shape index (κ1) is 17.6. The molecule has 0 aromatic heterocycles. The highest BCUT2D eigenvalue weighted by Gasteiger charge is 2.11. The average molecular weight is 286 g/mol. The second kappa shape index (κ2) is 8.71. The highest BCUT2D eigenvalue weighted by atomic mass is 16.3. The van der Waals surface area contributed by atoms with Gasteiger partial charge < -0.3 is 5.11 Å². The van der Waals surface area contributed by atoms with Gasteiger partial charge in [0.25, 0.3) is 0 Å². The first-order valence-electron chi connectivity index (χ1n) is 7.97. The van der Waals surface area contributed by atoms with Crippen molar-refractivity contribution in [1.82, 2.24) is 0 Å². The maximum atomic E-state index is 9.33. The minimum absolute atomic E-state index is 0.342. The van der Waals surface area contributed by atoms with Crippen molar-refractivity contribution in [2.24, 2.45) is 11.8 Å². The molecule has 1 N–H and O–H groups in total. The minimum Gasteiger partial charge on any atom is -0.508 e. The number of benzene rings is 1. The van der Waals surface area contributed by atoms with Crippen LogP contribution in [-0.2, 0) is 6.42 Å². The van der Waals surface area contributed by atoms with Gasteiger partial charge in [-0.05, 0) is 69.6 Å². The van der Waals surface area contributed by atoms with Crippen molar-refractivity contribution in [2.45, 2.75) is 53.9 Å². The van der Waals surface area contributed by atoms with Crippen LogP contribution in [0, 0.1) is 11.8 Å². The third-order valence-electron chi connectivity index (χ3n) is 4.03. The summed E-state index contributed by atoms with van der Waals surface area (Å²) in [5, 5.41) is 9.33. The number of hydrogen-bond acceptors (Lipinski definition) is 1. The fourth-order valence-electron chi connectivity index (χ4n) is 2.47. The summed E-state index contributed by atoms with van der Waals surface area (Å²) in [6.07, 6.45) is 8.08. The molecule has 1 aromatic rings. The molecule has 1 heteroatoms. The van der Waals surface area contributed by atoms with Gasteiger partial charge in [0.2, 0.25) is 0 Å². The first-order chi connectivity index (χ1) is 9.88. The van der Waals surface area contributed by atoms with E-state index in [9.17, 15) is 5.11 Å². The van der Waals surface area contributed by atoms with E-state index >= 15 is 0 Å². The maximum absolute atomic E-state index is 9.33. The van der Waals surface area contributed by atoms with Crippen molar-refractivity contribution in [1.29, 1.82) is 0 Å². The molecular formula is C20H30O. The lowest BCUT2D eigenvalue weighted by molar-refractivity contribution is 0.453. The predicted molar refractivity (Wildman–Crippen MR) is 92.6 cm³/mol. The zero-order valence-electron chi connectivity index (χ0n) is 14.2. The molecule has 1 rings (SSSR count). The summed E-state index contributed by atoms with van der Waals surface area (Å²) in [5.41, 5.74) is 4.18. The zero-order chi connectivity index (χ0) is 15.8. The van der Waals surface area contributed by atoms with Crippen LogP contribution >= 0.6 is 0 Å². The van der Waals surface area contributed by atoms with Gasteiger partial charge in [0.15, 0.2) is 0 Å². The summed E-state index contributed by atoms with van der Waals surface area (Å²) in [6, 6.07) is 7.58. The van der Waals surface area contributed by atoms with E-state index in [2.05, 4.69) is 46.8 Å². The minimum atomic E-state index is 0.342. The molecule has 21 heavy (non-hydrogen) atoms. The third-order valence-corrected chi connectivity index (χ3v) is 4.03. The molecule has 2 unspecified atom stereocenters. The Balaban J connectivity index is 2.51. The Bertz CT molecular complexity index is 475. The number of allylic oxidation sites excluding steroid dienone is 4. The molecule has 0 saturated heterocycles. The Morgan fingerprint density at radius 2 is 1.71 bits per heavy atom. The molecule has 2 atom stereocenters. The van der Waals surface area contributed by atoms with Gasteiger partial charge >= 0.3 is 0 Å². The van der Waals surface area contributed by atoms with Crippen molar-refractivity contribution in [3.63, 3.8) is 0 Å². The molecule has 1 aromatic carbocycles. The Morgan fingerprint density at radius 3 is 2.29 bits per heavy atom. The van der Waals surface area contributed by atoms with Crippen LogP contribution in [0.2, 0.25) is 0 Å². The smallest absolute Gasteiger partial charge is 0.115 e. The zero-order valence-corrected chi connectivity index (χ0v) is 14.2. The Hall–Kier alpha value is -1.50. The van der Waals surface area contributed by atoms with E-state index in [1.54, 1.807) is 12.1 Å². The van der Waals surface area contributed by atoms with Crippen LogP contribution in [0.25, 0.3) is 0 Å². The molecular weight excluding hydrogens is 256 g/mol. The number of aromatic hydroxyl groups is 1. The molecule has 0 saturated carbocycles. The van der Waals surface area contributed by atoms with Gasteiger partial charge in [-0.25, -0.2) is 0 Å². The highest BCUT2D eigenvalue weighted by molar-refractivity contribution is 5.26. The van der Waals surface area contributed by atoms with E-state index in [0.717, 1.165) is 19.3 Å². The van der Waals surface area contributed by atoms with Crippen LogP contribution in [0.5, 0.6) is 5.75 Å². The summed E-state index contributed by atoms with van der Waals surface area (Å²) in [6.45, 7) is 11.2. The van der Waals surface area contributed by atoms with Crippen LogP contribution in [0.3, 0.4) is 0 Å². The van der Waals surface area contributed by atoms with Gasteiger partial charge in [-0.15, -0.1) is 0 Å². The van der Waals surface area contributed by atoms with Gasteiger partial charge in [0.05, 0.1) is 0 Å². The van der Waals surface area contributed by atoms with Gasteiger partial charge in [0, 0.05) is 0 Å². The van der Waals surface area contributed by atoms with Gasteiger partial charge in [-0.3, -0.25) is 0 Å². The maximum Gasteiger partial charge on any atom is 0.115 e. The summed E-state index contributed by atoms with van der Waals surface area (Å²) in [5.74, 6) is 1.52. The van der Waals surface area contributed by atoms with Crippen molar-refractivity contribution in [2.75, 3.05) is 0 Å². The van der Waals surface area contributed by atoms with E-state index in [1.807, 2.05) is 12.1 Å². The van der Waals surface area contributed by atoms with Gasteiger partial charge in [0.1, 0.15) is 5.75 Å². The summed E-state index contributed by atoms with van der Waals surface area (Å²) in [4.78, 5) is 0. The predicted octanol–water partition coefficient (Wildman–Crippen LogP) is 5.90. The largest absolute Gasteiger partial charge is 0.508 e. The number of phenols is 1. The number of phenolic OH excluding ortho intramolecular Hbond substituents is 1. The number of hydrogen-bond donors (Lipinski definition) is 1. The molecule has 0 radical (unpaired) electrons. The van der Waals surface area contributed by atoms with Crippen LogP contribution in [-0.4, -0.2) is 5.11 Å². The average Bonchev–Trinajstić information content (AvgIpc) is 2.40. The van der Waals surface area contributed by atoms with Gasteiger partial charge in [-0.2, -0.15) is 0 Å². The van der Waals surface area contributed by atoms with Crippen molar-refractivity contribution < 1.29 is 5.11 Å². The molecule has 0 fully saturated rings. The van der Waals surface area contributed by atoms with Crippen LogP contribution in [0.1, 0.15) is 53.0 Å². The summed E-state index contributed by atoms with van der Waals surface area (Å²) in [7, 11) is 0. The summed E-state index contributed by atoms with van der Waals surface area (Å²) < 4.78 is 0. The lowest BCUT2D eigenvalue weighted by Gasteiger charge is -2.18. The highest BCUT2D eigenvalue weighted by Crippen LogP contribution is 2.22. The topological polar surface area (TPSA) is 20.2 Å². The standard InChI is InChI=1S/C20H30O/c1-15(2)7-6-8-16(3)13-17(4)18(5)14-19-9-11-20(21)12-10-19/h7,9-13,17-18,21H,6,8,14H2,1-5H3/b16-13+. The quantitative estimate of drug-likeness (QED) is 0.619. The SMILES string of the molecule is CC(C)=CCC/C(C)=C/C(C)C(C)Cc1ccc(O)cc1. The molecule has 116 valence electrons. The van der Waals surface area contributed by atoms with Crippen molar-refractivity contribution >= 4 is 0 Å². The Labute approximate surface area is 130 Å². The van der Waals surface area contributed by atoms with Crippen molar-refractivity contribution in [3.05, 3.63) is 53.1 Å². The monoisotopic (exact) mass is 286 g/mol. The molecule has 0 amide bonds. The molecule has 0 aliphatic heterocycles. The van der Waals surface area contributed by atoms with Crippen LogP contribution < -0.4 is 0 Å². The lowest BCUT2D eigenvalue weighted by atomic mass is 9.88. The second-order valence-corrected chi connectivity index (χ2v) is 6.54. The van der Waals surface area contributed by atoms with Gasteiger partial charge in [-0.1, -0.05) is 49.3 Å². The third kappa shape index (κ3) is 7.17. The molecule has 0 heterocycles. The van der Waals surface area contributed by atoms with E-state index in [1.165, 1.54) is 16.7 Å². The second-order valence-electron chi connectivity index (χ2n) is 6.54. The molecule has 0 bridgehead atoms. The molecule has 0 aliphatic rings. The molecule has 0 aliphatic carbocycles. The van der Waals surface area contributed by atoms with E-state index in [-0.39, 0.29) is 0 Å². The van der Waals surface area contributed by atoms with E-state index in [4.69, 9.17) is 0 Å². The van der Waals surface area contributed by atoms with E-state index < -0.39 is 0 Å². The Kier molecular flexibility index (Phi) is 7.28. The number of rotatable bonds is 7. The molecule has 1 nitrogen and oxygen atoms in total.